The molecule has 0 radical (unpaired) electrons. The summed E-state index contributed by atoms with van der Waals surface area (Å²) < 4.78 is 16.9. The van der Waals surface area contributed by atoms with Gasteiger partial charge in [0.25, 0.3) is 0 Å². The molecule has 1 aliphatic heterocycles. The molecule has 2 aliphatic rings. The molecule has 0 aromatic carbocycles. The van der Waals surface area contributed by atoms with Gasteiger partial charge in [0.05, 0.1) is 32.0 Å². The SMILES string of the molecule is COC(=O)CCCCCCC1C(O)CC(O[Si](C)(C)C(C)(C)C)[C@@H]1CCC1CO1. The Bertz CT molecular complexity index is 512. The molecule has 0 spiro atoms. The average Bonchev–Trinajstić information content (AvgIpc) is 3.40. The van der Waals surface area contributed by atoms with Gasteiger partial charge in [-0.05, 0) is 62.1 Å². The van der Waals surface area contributed by atoms with E-state index >= 15 is 0 Å². The molecule has 0 amide bonds. The van der Waals surface area contributed by atoms with Gasteiger partial charge in [0.2, 0.25) is 0 Å². The highest BCUT2D eigenvalue weighted by molar-refractivity contribution is 6.74. The van der Waals surface area contributed by atoms with Crippen molar-refractivity contribution in [3.63, 3.8) is 0 Å². The normalized spacial score (nSPS) is 29.8. The second-order valence-electron chi connectivity index (χ2n) is 10.6. The predicted octanol–water partition coefficient (Wildman–Crippen LogP) is 5.07. The molecule has 0 bridgehead atoms. The molecule has 0 aromatic heterocycles. The Morgan fingerprint density at radius 3 is 2.31 bits per heavy atom. The number of carbonyl (C=O) groups is 1. The highest BCUT2D eigenvalue weighted by Crippen LogP contribution is 2.45. The molecule has 5 atom stereocenters. The van der Waals surface area contributed by atoms with Crippen LogP contribution in [0.3, 0.4) is 0 Å². The number of esters is 1. The van der Waals surface area contributed by atoms with Crippen molar-refractivity contribution in [1.29, 1.82) is 0 Å². The first-order valence-electron chi connectivity index (χ1n) is 11.6. The van der Waals surface area contributed by atoms with Gasteiger partial charge < -0.3 is 19.0 Å². The van der Waals surface area contributed by atoms with Gasteiger partial charge in [0.15, 0.2) is 8.32 Å². The summed E-state index contributed by atoms with van der Waals surface area (Å²) in [5.41, 5.74) is 0. The Morgan fingerprint density at radius 1 is 1.07 bits per heavy atom. The molecular weight excluding hydrogens is 384 g/mol. The van der Waals surface area contributed by atoms with Crippen LogP contribution in [-0.4, -0.2) is 51.4 Å². The molecule has 0 aromatic rings. The summed E-state index contributed by atoms with van der Waals surface area (Å²) in [5.74, 6) is 0.631. The number of methoxy groups -OCH3 is 1. The summed E-state index contributed by atoms with van der Waals surface area (Å²) >= 11 is 0. The van der Waals surface area contributed by atoms with Crippen LogP contribution in [-0.2, 0) is 18.7 Å². The minimum atomic E-state index is -1.86. The van der Waals surface area contributed by atoms with Crippen molar-refractivity contribution >= 4 is 14.3 Å². The third-order valence-electron chi connectivity index (χ3n) is 7.37. The number of hydrogen-bond donors (Lipinski definition) is 1. The van der Waals surface area contributed by atoms with Crippen LogP contribution in [0.4, 0.5) is 0 Å². The smallest absolute Gasteiger partial charge is 0.305 e. The van der Waals surface area contributed by atoms with Crippen molar-refractivity contribution in [2.45, 2.75) is 115 Å². The lowest BCUT2D eigenvalue weighted by Gasteiger charge is -2.40. The zero-order chi connectivity index (χ0) is 21.7. The van der Waals surface area contributed by atoms with Crippen LogP contribution in [0.25, 0.3) is 0 Å². The van der Waals surface area contributed by atoms with Crippen LogP contribution in [0.15, 0.2) is 0 Å². The minimum Gasteiger partial charge on any atom is -0.469 e. The van der Waals surface area contributed by atoms with Crippen molar-refractivity contribution in [2.75, 3.05) is 13.7 Å². The summed E-state index contributed by atoms with van der Waals surface area (Å²) in [4.78, 5) is 11.2. The number of aliphatic hydroxyl groups is 1. The number of rotatable bonds is 12. The molecule has 29 heavy (non-hydrogen) atoms. The first-order valence-corrected chi connectivity index (χ1v) is 14.5. The van der Waals surface area contributed by atoms with Gasteiger partial charge >= 0.3 is 5.97 Å². The van der Waals surface area contributed by atoms with Gasteiger partial charge in [-0.3, -0.25) is 4.79 Å². The Balaban J connectivity index is 1.88. The van der Waals surface area contributed by atoms with Crippen molar-refractivity contribution < 1.29 is 23.8 Å². The Hall–Kier alpha value is -0.433. The zero-order valence-corrected chi connectivity index (χ0v) is 20.5. The van der Waals surface area contributed by atoms with Crippen LogP contribution in [0, 0.1) is 11.8 Å². The van der Waals surface area contributed by atoms with Gasteiger partial charge in [-0.2, -0.15) is 0 Å². The Morgan fingerprint density at radius 2 is 1.72 bits per heavy atom. The van der Waals surface area contributed by atoms with Crippen molar-refractivity contribution in [3.8, 4) is 0 Å². The van der Waals surface area contributed by atoms with Gasteiger partial charge in [-0.15, -0.1) is 0 Å². The largest absolute Gasteiger partial charge is 0.469 e. The van der Waals surface area contributed by atoms with Crippen LogP contribution in [0.5, 0.6) is 0 Å². The minimum absolute atomic E-state index is 0.121. The molecule has 1 N–H and O–H groups in total. The van der Waals surface area contributed by atoms with Gasteiger partial charge in [0.1, 0.15) is 0 Å². The van der Waals surface area contributed by atoms with Crippen LogP contribution >= 0.6 is 0 Å². The summed E-state index contributed by atoms with van der Waals surface area (Å²) in [6.07, 6.45) is 9.00. The molecule has 170 valence electrons. The monoisotopic (exact) mass is 428 g/mol. The fraction of sp³-hybridized carbons (Fsp3) is 0.957. The fourth-order valence-corrected chi connectivity index (χ4v) is 5.75. The maximum Gasteiger partial charge on any atom is 0.305 e. The van der Waals surface area contributed by atoms with E-state index in [0.717, 1.165) is 58.0 Å². The van der Waals surface area contributed by atoms with E-state index in [-0.39, 0.29) is 23.2 Å². The summed E-state index contributed by atoms with van der Waals surface area (Å²) in [7, 11) is -0.418. The average molecular weight is 429 g/mol. The van der Waals surface area contributed by atoms with Gasteiger partial charge in [-0.1, -0.05) is 40.0 Å². The third kappa shape index (κ3) is 7.64. The van der Waals surface area contributed by atoms with Gasteiger partial charge in [0, 0.05) is 6.42 Å². The first-order chi connectivity index (χ1) is 13.5. The third-order valence-corrected chi connectivity index (χ3v) is 11.9. The van der Waals surface area contributed by atoms with Crippen LogP contribution in [0.2, 0.25) is 18.1 Å². The second kappa shape index (κ2) is 10.7. The molecule has 1 aliphatic carbocycles. The van der Waals surface area contributed by atoms with E-state index in [1.54, 1.807) is 0 Å². The van der Waals surface area contributed by atoms with Crippen molar-refractivity contribution in [1.82, 2.24) is 0 Å². The van der Waals surface area contributed by atoms with E-state index in [2.05, 4.69) is 33.9 Å². The van der Waals surface area contributed by atoms with Crippen LogP contribution < -0.4 is 0 Å². The molecule has 2 rings (SSSR count). The first kappa shape index (κ1) is 24.8. The molecule has 1 saturated heterocycles. The number of ether oxygens (including phenoxy) is 2. The summed E-state index contributed by atoms with van der Waals surface area (Å²) in [6.45, 7) is 12.4. The van der Waals surface area contributed by atoms with Crippen molar-refractivity contribution in [2.24, 2.45) is 11.8 Å². The Kier molecular flexibility index (Phi) is 9.20. The molecule has 2 fully saturated rings. The number of carbonyl (C=O) groups excluding carboxylic acids is 1. The maximum atomic E-state index is 11.2. The lowest BCUT2D eigenvalue weighted by atomic mass is 9.85. The molecule has 5 nitrogen and oxygen atoms in total. The fourth-order valence-electron chi connectivity index (χ4n) is 4.36. The van der Waals surface area contributed by atoms with E-state index in [0.29, 0.717) is 24.4 Å². The zero-order valence-electron chi connectivity index (χ0n) is 19.5. The van der Waals surface area contributed by atoms with E-state index < -0.39 is 8.32 Å². The molecule has 4 unspecified atom stereocenters. The lowest BCUT2D eigenvalue weighted by molar-refractivity contribution is -0.140. The number of unbranched alkanes of at least 4 members (excludes halogenated alkanes) is 3. The predicted molar refractivity (Wildman–Crippen MR) is 118 cm³/mol. The van der Waals surface area contributed by atoms with Crippen molar-refractivity contribution in [3.05, 3.63) is 0 Å². The van der Waals surface area contributed by atoms with E-state index in [4.69, 9.17) is 13.9 Å². The highest BCUT2D eigenvalue weighted by Gasteiger charge is 2.47. The number of epoxide rings is 1. The number of hydrogen-bond acceptors (Lipinski definition) is 5. The summed E-state index contributed by atoms with van der Waals surface area (Å²) in [6, 6.07) is 0. The molecular formula is C23H44O5Si. The quantitative estimate of drug-likeness (QED) is 0.203. The molecule has 1 saturated carbocycles. The molecule has 1 heterocycles. The van der Waals surface area contributed by atoms with E-state index in [1.165, 1.54) is 7.11 Å². The lowest BCUT2D eigenvalue weighted by Crippen LogP contribution is -2.45. The Labute approximate surface area is 179 Å². The highest BCUT2D eigenvalue weighted by atomic mass is 28.4. The maximum absolute atomic E-state index is 11.2. The van der Waals surface area contributed by atoms with E-state index in [9.17, 15) is 9.90 Å². The van der Waals surface area contributed by atoms with E-state index in [1.807, 2.05) is 0 Å². The summed E-state index contributed by atoms with van der Waals surface area (Å²) in [5, 5.41) is 11.0. The van der Waals surface area contributed by atoms with Crippen LogP contribution in [0.1, 0.15) is 78.6 Å². The number of aliphatic hydroxyl groups excluding tert-OH is 1. The topological polar surface area (TPSA) is 68.3 Å². The van der Waals surface area contributed by atoms with Gasteiger partial charge in [-0.25, -0.2) is 0 Å². The second-order valence-corrected chi connectivity index (χ2v) is 15.4. The molecule has 6 heteroatoms. The standard InChI is InChI=1S/C23H44O5Si/c1-23(2,3)29(5,6)28-21-15-20(24)18(19(21)14-13-17-16-27-17)11-9-7-8-10-12-22(25)26-4/h17-21,24H,7-16H2,1-6H3/t17?,18?,19-,20?,21?/m1/s1.